The molecule has 1 aliphatic rings. The number of carbonyl (C=O) groups excluding carboxylic acids is 2. The van der Waals surface area contributed by atoms with Gasteiger partial charge in [0.05, 0.1) is 4.90 Å². The maximum absolute atomic E-state index is 12.7. The monoisotopic (exact) mass is 415 g/mol. The minimum atomic E-state index is -3.48. The number of hydrogen-bond acceptors (Lipinski definition) is 4. The number of amides is 2. The Labute approximate surface area is 171 Å². The van der Waals surface area contributed by atoms with Gasteiger partial charge in [-0.3, -0.25) is 9.59 Å². The Morgan fingerprint density at radius 1 is 0.897 bits per heavy atom. The molecule has 2 N–H and O–H groups in total. The van der Waals surface area contributed by atoms with Crippen molar-refractivity contribution in [1.29, 1.82) is 0 Å². The second-order valence-electron chi connectivity index (χ2n) is 7.11. The lowest BCUT2D eigenvalue weighted by Crippen LogP contribution is -2.35. The highest BCUT2D eigenvalue weighted by atomic mass is 32.2. The van der Waals surface area contributed by atoms with E-state index in [0.29, 0.717) is 24.3 Å². The molecule has 0 bridgehead atoms. The highest BCUT2D eigenvalue weighted by Gasteiger charge is 2.25. The van der Waals surface area contributed by atoms with Crippen molar-refractivity contribution >= 4 is 27.5 Å². The maximum Gasteiger partial charge on any atom is 0.313 e. The third kappa shape index (κ3) is 5.42. The van der Waals surface area contributed by atoms with Crippen LogP contribution in [0.2, 0.25) is 0 Å². The average molecular weight is 416 g/mol. The van der Waals surface area contributed by atoms with Gasteiger partial charge in [-0.15, -0.1) is 0 Å². The number of carbonyl (C=O) groups is 2. The summed E-state index contributed by atoms with van der Waals surface area (Å²) in [5.74, 6) is -1.51. The van der Waals surface area contributed by atoms with E-state index < -0.39 is 21.8 Å². The Hall–Kier alpha value is -2.71. The first-order chi connectivity index (χ1) is 13.9. The first-order valence-electron chi connectivity index (χ1n) is 9.61. The number of rotatable bonds is 5. The molecular weight excluding hydrogens is 390 g/mol. The standard InChI is InChI=1S/C21H25N3O4S/c1-16-5-9-18(10-6-16)23-21(26)20(25)22-15-17-7-11-19(12-8-17)29(27,28)24-13-3-2-4-14-24/h5-12H,2-4,13-15H2,1H3,(H,22,25)(H,23,26). The lowest BCUT2D eigenvalue weighted by atomic mass is 10.2. The zero-order valence-electron chi connectivity index (χ0n) is 16.3. The van der Waals surface area contributed by atoms with E-state index in [1.54, 1.807) is 24.3 Å². The van der Waals surface area contributed by atoms with Crippen molar-refractivity contribution in [3.05, 3.63) is 59.7 Å². The quantitative estimate of drug-likeness (QED) is 0.733. The number of hydrogen-bond donors (Lipinski definition) is 2. The molecule has 0 unspecified atom stereocenters. The second kappa shape index (κ2) is 9.19. The molecule has 2 amide bonds. The van der Waals surface area contributed by atoms with E-state index in [9.17, 15) is 18.0 Å². The molecule has 154 valence electrons. The van der Waals surface area contributed by atoms with Gasteiger partial charge in [0, 0.05) is 25.3 Å². The van der Waals surface area contributed by atoms with Gasteiger partial charge >= 0.3 is 11.8 Å². The largest absolute Gasteiger partial charge is 0.344 e. The van der Waals surface area contributed by atoms with Crippen LogP contribution in [0.3, 0.4) is 0 Å². The van der Waals surface area contributed by atoms with Crippen molar-refractivity contribution in [3.63, 3.8) is 0 Å². The molecule has 8 heteroatoms. The summed E-state index contributed by atoms with van der Waals surface area (Å²) in [5, 5.41) is 5.08. The van der Waals surface area contributed by atoms with E-state index in [2.05, 4.69) is 10.6 Å². The average Bonchev–Trinajstić information content (AvgIpc) is 2.74. The van der Waals surface area contributed by atoms with Crippen molar-refractivity contribution in [2.24, 2.45) is 0 Å². The highest BCUT2D eigenvalue weighted by molar-refractivity contribution is 7.89. The summed E-state index contributed by atoms with van der Waals surface area (Å²) < 4.78 is 26.8. The van der Waals surface area contributed by atoms with Crippen LogP contribution >= 0.6 is 0 Å². The van der Waals surface area contributed by atoms with Crippen LogP contribution in [0.15, 0.2) is 53.4 Å². The van der Waals surface area contributed by atoms with Gasteiger partial charge in [-0.1, -0.05) is 36.2 Å². The van der Waals surface area contributed by atoms with E-state index in [-0.39, 0.29) is 11.4 Å². The Morgan fingerprint density at radius 2 is 1.52 bits per heavy atom. The van der Waals surface area contributed by atoms with Gasteiger partial charge in [0.2, 0.25) is 10.0 Å². The van der Waals surface area contributed by atoms with Gasteiger partial charge in [0.25, 0.3) is 0 Å². The van der Waals surface area contributed by atoms with Crippen LogP contribution in [0.25, 0.3) is 0 Å². The fourth-order valence-electron chi connectivity index (χ4n) is 3.12. The molecule has 1 aliphatic heterocycles. The minimum Gasteiger partial charge on any atom is -0.344 e. The van der Waals surface area contributed by atoms with Crippen molar-refractivity contribution < 1.29 is 18.0 Å². The van der Waals surface area contributed by atoms with Crippen molar-refractivity contribution in [2.45, 2.75) is 37.6 Å². The predicted molar refractivity (Wildman–Crippen MR) is 111 cm³/mol. The number of benzene rings is 2. The summed E-state index contributed by atoms with van der Waals surface area (Å²) in [5.41, 5.74) is 2.31. The van der Waals surface area contributed by atoms with Crippen molar-refractivity contribution in [3.8, 4) is 0 Å². The van der Waals surface area contributed by atoms with Crippen LogP contribution in [-0.4, -0.2) is 37.6 Å². The molecule has 0 aromatic heterocycles. The number of anilines is 1. The topological polar surface area (TPSA) is 95.6 Å². The third-order valence-electron chi connectivity index (χ3n) is 4.84. The number of sulfonamides is 1. The fourth-order valence-corrected chi connectivity index (χ4v) is 4.64. The van der Waals surface area contributed by atoms with E-state index in [1.165, 1.54) is 16.4 Å². The molecule has 29 heavy (non-hydrogen) atoms. The van der Waals surface area contributed by atoms with Crippen molar-refractivity contribution in [2.75, 3.05) is 18.4 Å². The highest BCUT2D eigenvalue weighted by Crippen LogP contribution is 2.20. The second-order valence-corrected chi connectivity index (χ2v) is 9.05. The smallest absolute Gasteiger partial charge is 0.313 e. The third-order valence-corrected chi connectivity index (χ3v) is 6.76. The molecule has 0 atom stereocenters. The molecular formula is C21H25N3O4S. The molecule has 3 rings (SSSR count). The van der Waals surface area contributed by atoms with Gasteiger partial charge in [-0.05, 0) is 49.6 Å². The summed E-state index contributed by atoms with van der Waals surface area (Å²) in [4.78, 5) is 24.2. The zero-order valence-corrected chi connectivity index (χ0v) is 17.2. The van der Waals surface area contributed by atoms with Crippen LogP contribution in [0.1, 0.15) is 30.4 Å². The van der Waals surface area contributed by atoms with Crippen LogP contribution < -0.4 is 10.6 Å². The maximum atomic E-state index is 12.7. The SMILES string of the molecule is Cc1ccc(NC(=O)C(=O)NCc2ccc(S(=O)(=O)N3CCCCC3)cc2)cc1. The Kier molecular flexibility index (Phi) is 6.66. The Morgan fingerprint density at radius 3 is 2.14 bits per heavy atom. The van der Waals surface area contributed by atoms with Gasteiger partial charge in [-0.25, -0.2) is 8.42 Å². The lowest BCUT2D eigenvalue weighted by molar-refractivity contribution is -0.136. The number of piperidine rings is 1. The molecule has 2 aromatic rings. The van der Waals surface area contributed by atoms with Gasteiger partial charge in [-0.2, -0.15) is 4.31 Å². The Balaban J connectivity index is 1.54. The summed E-state index contributed by atoms with van der Waals surface area (Å²) in [6, 6.07) is 13.5. The van der Waals surface area contributed by atoms with E-state index in [1.807, 2.05) is 19.1 Å². The number of aryl methyl sites for hydroxylation is 1. The molecule has 0 spiro atoms. The molecule has 0 saturated carbocycles. The van der Waals surface area contributed by atoms with Gasteiger partial charge in [0.1, 0.15) is 0 Å². The van der Waals surface area contributed by atoms with E-state index in [0.717, 1.165) is 24.8 Å². The summed E-state index contributed by atoms with van der Waals surface area (Å²) in [6.07, 6.45) is 2.82. The summed E-state index contributed by atoms with van der Waals surface area (Å²) >= 11 is 0. The molecule has 7 nitrogen and oxygen atoms in total. The van der Waals surface area contributed by atoms with E-state index in [4.69, 9.17) is 0 Å². The van der Waals surface area contributed by atoms with Crippen LogP contribution in [0, 0.1) is 6.92 Å². The molecule has 0 radical (unpaired) electrons. The van der Waals surface area contributed by atoms with E-state index >= 15 is 0 Å². The predicted octanol–water partition coefficient (Wildman–Crippen LogP) is 2.42. The minimum absolute atomic E-state index is 0.129. The molecule has 1 heterocycles. The zero-order chi connectivity index (χ0) is 20.9. The van der Waals surface area contributed by atoms with Crippen LogP contribution in [0.4, 0.5) is 5.69 Å². The fraction of sp³-hybridized carbons (Fsp3) is 0.333. The first-order valence-corrected chi connectivity index (χ1v) is 11.1. The first kappa shape index (κ1) is 21.0. The molecule has 1 fully saturated rings. The van der Waals surface area contributed by atoms with Crippen LogP contribution in [0.5, 0.6) is 0 Å². The van der Waals surface area contributed by atoms with Gasteiger partial charge < -0.3 is 10.6 Å². The molecule has 0 aliphatic carbocycles. The van der Waals surface area contributed by atoms with Crippen LogP contribution in [-0.2, 0) is 26.2 Å². The van der Waals surface area contributed by atoms with Crippen molar-refractivity contribution in [1.82, 2.24) is 9.62 Å². The number of nitrogens with zero attached hydrogens (tertiary/aromatic N) is 1. The molecule has 2 aromatic carbocycles. The lowest BCUT2D eigenvalue weighted by Gasteiger charge is -2.25. The molecule has 1 saturated heterocycles. The Bertz CT molecular complexity index is 964. The normalized spacial score (nSPS) is 14.9. The summed E-state index contributed by atoms with van der Waals surface area (Å²) in [7, 11) is -3.48. The number of nitrogens with one attached hydrogen (secondary N) is 2. The summed E-state index contributed by atoms with van der Waals surface area (Å²) in [6.45, 7) is 3.16. The van der Waals surface area contributed by atoms with Gasteiger partial charge in [0.15, 0.2) is 0 Å².